The number of hydrogen-bond donors (Lipinski definition) is 0. The van der Waals surface area contributed by atoms with Crippen LogP contribution in [-0.4, -0.2) is 15.8 Å². The Labute approximate surface area is 73.6 Å². The molecule has 1 aromatic rings. The maximum absolute atomic E-state index is 10.5. The molecule has 0 atom stereocenters. The van der Waals surface area contributed by atoms with Gasteiger partial charge in [0.25, 0.3) is 0 Å². The van der Waals surface area contributed by atoms with Crippen LogP contribution in [0.15, 0.2) is 4.60 Å². The van der Waals surface area contributed by atoms with Crippen LogP contribution in [0.4, 0.5) is 0 Å². The van der Waals surface area contributed by atoms with Crippen molar-refractivity contribution in [2.75, 3.05) is 0 Å². The zero-order valence-electron chi connectivity index (χ0n) is 6.47. The van der Waals surface area contributed by atoms with Crippen LogP contribution in [0.5, 0.6) is 0 Å². The molecular weight excluding hydrogens is 208 g/mol. The zero-order valence-corrected chi connectivity index (χ0v) is 8.05. The van der Waals surface area contributed by atoms with Crippen molar-refractivity contribution in [2.24, 2.45) is 0 Å². The molecule has 0 unspecified atom stereocenters. The van der Waals surface area contributed by atoms with E-state index in [-0.39, 0.29) is 0 Å². The van der Waals surface area contributed by atoms with E-state index in [4.69, 9.17) is 0 Å². The summed E-state index contributed by atoms with van der Waals surface area (Å²) in [6, 6.07) is 0. The fourth-order valence-corrected chi connectivity index (χ4v) is 1.62. The van der Waals surface area contributed by atoms with Crippen LogP contribution in [0.2, 0.25) is 0 Å². The molecule has 0 aliphatic carbocycles. The van der Waals surface area contributed by atoms with Crippen LogP contribution < -0.4 is 0 Å². The lowest BCUT2D eigenvalue weighted by Crippen LogP contribution is -2.01. The monoisotopic (exact) mass is 216 g/mol. The number of rotatable bonds is 2. The summed E-state index contributed by atoms with van der Waals surface area (Å²) in [5, 5.41) is 0. The minimum Gasteiger partial charge on any atom is -0.325 e. The molecule has 0 fully saturated rings. The van der Waals surface area contributed by atoms with E-state index in [2.05, 4.69) is 20.9 Å². The minimum absolute atomic E-state index is 0.616. The molecule has 0 aromatic carbocycles. The van der Waals surface area contributed by atoms with Gasteiger partial charge in [0.1, 0.15) is 16.1 Å². The Balaban J connectivity index is 3.28. The van der Waals surface area contributed by atoms with E-state index in [1.807, 2.05) is 18.4 Å². The first-order chi connectivity index (χ1) is 5.20. The molecule has 60 valence electrons. The molecule has 0 N–H and O–H groups in total. The topological polar surface area (TPSA) is 34.9 Å². The van der Waals surface area contributed by atoms with Gasteiger partial charge in [0, 0.05) is 6.54 Å². The molecule has 0 saturated heterocycles. The van der Waals surface area contributed by atoms with Crippen molar-refractivity contribution in [1.29, 1.82) is 0 Å². The number of carbonyl (C=O) groups is 1. The van der Waals surface area contributed by atoms with Gasteiger partial charge in [-0.05, 0) is 29.8 Å². The summed E-state index contributed by atoms with van der Waals surface area (Å²) < 4.78 is 2.49. The number of imidazole rings is 1. The third kappa shape index (κ3) is 1.35. The second-order valence-electron chi connectivity index (χ2n) is 2.20. The molecule has 1 heterocycles. The smallest absolute Gasteiger partial charge is 0.169 e. The van der Waals surface area contributed by atoms with Gasteiger partial charge in [-0.1, -0.05) is 0 Å². The third-order valence-corrected chi connectivity index (χ3v) is 2.16. The second-order valence-corrected chi connectivity index (χ2v) is 2.95. The van der Waals surface area contributed by atoms with Crippen LogP contribution in [0, 0.1) is 6.92 Å². The van der Waals surface area contributed by atoms with E-state index in [0.717, 1.165) is 18.7 Å². The normalized spacial score (nSPS) is 10.1. The van der Waals surface area contributed by atoms with Crippen LogP contribution in [-0.2, 0) is 6.54 Å². The summed E-state index contributed by atoms with van der Waals surface area (Å²) in [5.74, 6) is 0.862. The van der Waals surface area contributed by atoms with Crippen LogP contribution in [0.1, 0.15) is 23.2 Å². The highest BCUT2D eigenvalue weighted by Crippen LogP contribution is 2.15. The Morgan fingerprint density at radius 2 is 2.36 bits per heavy atom. The Hall–Kier alpha value is -0.640. The lowest BCUT2D eigenvalue weighted by molar-refractivity contribution is 0.111. The van der Waals surface area contributed by atoms with Gasteiger partial charge < -0.3 is 4.57 Å². The van der Waals surface area contributed by atoms with Crippen molar-refractivity contribution < 1.29 is 4.79 Å². The van der Waals surface area contributed by atoms with Crippen LogP contribution >= 0.6 is 15.9 Å². The van der Waals surface area contributed by atoms with E-state index in [1.54, 1.807) is 0 Å². The van der Waals surface area contributed by atoms with E-state index in [1.165, 1.54) is 0 Å². The number of halogens is 1. The summed E-state index contributed by atoms with van der Waals surface area (Å²) in [7, 11) is 0. The fraction of sp³-hybridized carbons (Fsp3) is 0.429. The van der Waals surface area contributed by atoms with E-state index >= 15 is 0 Å². The van der Waals surface area contributed by atoms with Gasteiger partial charge in [-0.25, -0.2) is 4.98 Å². The number of aldehydes is 1. The first-order valence-corrected chi connectivity index (χ1v) is 4.17. The molecule has 0 saturated carbocycles. The van der Waals surface area contributed by atoms with E-state index in [0.29, 0.717) is 10.3 Å². The van der Waals surface area contributed by atoms with Gasteiger partial charge in [0.2, 0.25) is 0 Å². The maximum Gasteiger partial charge on any atom is 0.169 e. The predicted octanol–water partition coefficient (Wildman–Crippen LogP) is 1.79. The molecule has 0 aliphatic rings. The van der Waals surface area contributed by atoms with Crippen molar-refractivity contribution in [1.82, 2.24) is 9.55 Å². The van der Waals surface area contributed by atoms with Crippen molar-refractivity contribution in [3.05, 3.63) is 16.1 Å². The Kier molecular flexibility index (Phi) is 2.44. The Morgan fingerprint density at radius 1 is 1.73 bits per heavy atom. The molecule has 1 rings (SSSR count). The highest BCUT2D eigenvalue weighted by molar-refractivity contribution is 9.10. The summed E-state index contributed by atoms with van der Waals surface area (Å²) >= 11 is 3.21. The average molecular weight is 217 g/mol. The largest absolute Gasteiger partial charge is 0.325 e. The van der Waals surface area contributed by atoms with Gasteiger partial charge in [-0.3, -0.25) is 4.79 Å². The van der Waals surface area contributed by atoms with Crippen LogP contribution in [0.25, 0.3) is 0 Å². The van der Waals surface area contributed by atoms with E-state index < -0.39 is 0 Å². The van der Waals surface area contributed by atoms with Crippen molar-refractivity contribution >= 4 is 22.2 Å². The molecule has 0 bridgehead atoms. The molecular formula is C7H9BrN2O. The molecule has 4 heteroatoms. The molecule has 0 amide bonds. The summed E-state index contributed by atoms with van der Waals surface area (Å²) in [4.78, 5) is 14.6. The second kappa shape index (κ2) is 3.17. The number of hydrogen-bond acceptors (Lipinski definition) is 2. The molecule has 0 radical (unpaired) electrons. The average Bonchev–Trinajstić information content (AvgIpc) is 2.24. The molecule has 1 aromatic heterocycles. The van der Waals surface area contributed by atoms with Gasteiger partial charge >= 0.3 is 0 Å². The van der Waals surface area contributed by atoms with Crippen molar-refractivity contribution in [3.8, 4) is 0 Å². The molecule has 11 heavy (non-hydrogen) atoms. The molecule has 0 aliphatic heterocycles. The number of aromatic nitrogens is 2. The first kappa shape index (κ1) is 8.46. The Morgan fingerprint density at radius 3 is 2.73 bits per heavy atom. The number of aryl methyl sites for hydroxylation is 1. The fourth-order valence-electron chi connectivity index (χ4n) is 1.06. The lowest BCUT2D eigenvalue weighted by atomic mass is 10.5. The minimum atomic E-state index is 0.616. The summed E-state index contributed by atoms with van der Waals surface area (Å²) in [5.41, 5.74) is 0.616. The highest BCUT2D eigenvalue weighted by Gasteiger charge is 2.09. The summed E-state index contributed by atoms with van der Waals surface area (Å²) in [6.45, 7) is 4.63. The Bertz CT molecular complexity index is 280. The van der Waals surface area contributed by atoms with Gasteiger partial charge in [-0.15, -0.1) is 0 Å². The first-order valence-electron chi connectivity index (χ1n) is 3.38. The van der Waals surface area contributed by atoms with Crippen molar-refractivity contribution in [2.45, 2.75) is 20.4 Å². The molecule has 3 nitrogen and oxygen atoms in total. The lowest BCUT2D eigenvalue weighted by Gasteiger charge is -2.00. The number of nitrogens with zero attached hydrogens (tertiary/aromatic N) is 2. The van der Waals surface area contributed by atoms with Gasteiger partial charge in [0.05, 0.1) is 0 Å². The number of carbonyl (C=O) groups excluding carboxylic acids is 1. The zero-order chi connectivity index (χ0) is 8.43. The quantitative estimate of drug-likeness (QED) is 0.707. The predicted molar refractivity (Wildman–Crippen MR) is 45.7 cm³/mol. The highest BCUT2D eigenvalue weighted by atomic mass is 79.9. The van der Waals surface area contributed by atoms with Crippen molar-refractivity contribution in [3.63, 3.8) is 0 Å². The standard InChI is InChI=1S/C7H9BrN2O/c1-3-10-5(2)9-7(8)6(10)4-11/h4H,3H2,1-2H3. The maximum atomic E-state index is 10.5. The SMILES string of the molecule is CCn1c(C)nc(Br)c1C=O. The molecule has 0 spiro atoms. The van der Waals surface area contributed by atoms with Gasteiger partial charge in [-0.2, -0.15) is 0 Å². The van der Waals surface area contributed by atoms with Crippen LogP contribution in [0.3, 0.4) is 0 Å². The summed E-state index contributed by atoms with van der Waals surface area (Å²) in [6.07, 6.45) is 0.813. The van der Waals surface area contributed by atoms with E-state index in [9.17, 15) is 4.79 Å². The van der Waals surface area contributed by atoms with Gasteiger partial charge in [0.15, 0.2) is 6.29 Å². The third-order valence-electron chi connectivity index (χ3n) is 1.58.